The molecule has 0 aliphatic heterocycles. The molecular weight excluding hydrogens is 238 g/mol. The second-order valence-corrected chi connectivity index (χ2v) is 4.33. The highest BCUT2D eigenvalue weighted by Gasteiger charge is 2.07. The highest BCUT2D eigenvalue weighted by atomic mass is 15.2. The Morgan fingerprint density at radius 3 is 2.84 bits per heavy atom. The minimum absolute atomic E-state index is 0.0637. The van der Waals surface area contributed by atoms with E-state index in [0.29, 0.717) is 6.54 Å². The Balaban J connectivity index is 1.74. The van der Waals surface area contributed by atoms with Crippen molar-refractivity contribution < 1.29 is 0 Å². The molecule has 5 heteroatoms. The largest absolute Gasteiger partial charge is 0.366 e. The summed E-state index contributed by atoms with van der Waals surface area (Å²) in [5.74, 6) is 0.798. The summed E-state index contributed by atoms with van der Waals surface area (Å²) in [6, 6.07) is 11.9. The van der Waals surface area contributed by atoms with Crippen LogP contribution >= 0.6 is 0 Å². The van der Waals surface area contributed by atoms with E-state index in [2.05, 4.69) is 15.4 Å². The van der Waals surface area contributed by atoms with Gasteiger partial charge in [0.15, 0.2) is 5.82 Å². The molecule has 1 atom stereocenters. The number of benzene rings is 1. The van der Waals surface area contributed by atoms with E-state index < -0.39 is 0 Å². The van der Waals surface area contributed by atoms with Crippen molar-refractivity contribution in [2.24, 2.45) is 5.73 Å². The van der Waals surface area contributed by atoms with Gasteiger partial charge in [-0.05, 0) is 11.6 Å². The minimum atomic E-state index is -0.0637. The van der Waals surface area contributed by atoms with E-state index in [1.165, 1.54) is 0 Å². The van der Waals surface area contributed by atoms with Crippen LogP contribution in [0.2, 0.25) is 0 Å². The first-order valence-electron chi connectivity index (χ1n) is 6.17. The van der Waals surface area contributed by atoms with E-state index in [0.717, 1.165) is 16.9 Å². The molecule has 3 N–H and O–H groups in total. The third-order valence-corrected chi connectivity index (χ3v) is 3.04. The van der Waals surface area contributed by atoms with Crippen LogP contribution in [0.5, 0.6) is 0 Å². The highest BCUT2D eigenvalue weighted by Crippen LogP contribution is 2.15. The first kappa shape index (κ1) is 11.7. The third-order valence-electron chi connectivity index (χ3n) is 3.04. The second kappa shape index (κ2) is 5.07. The molecule has 0 radical (unpaired) electrons. The topological polar surface area (TPSA) is 68.2 Å². The molecular formula is C14H15N5. The molecule has 1 aromatic carbocycles. The van der Waals surface area contributed by atoms with Crippen LogP contribution in [0.25, 0.3) is 5.52 Å². The lowest BCUT2D eigenvalue weighted by atomic mass is 10.1. The Kier molecular flexibility index (Phi) is 3.12. The quantitative estimate of drug-likeness (QED) is 0.744. The number of aromatic nitrogens is 3. The van der Waals surface area contributed by atoms with Gasteiger partial charge in [0.05, 0.1) is 6.20 Å². The van der Waals surface area contributed by atoms with E-state index in [9.17, 15) is 0 Å². The highest BCUT2D eigenvalue weighted by molar-refractivity contribution is 5.66. The zero-order valence-electron chi connectivity index (χ0n) is 10.4. The number of nitrogens with one attached hydrogen (secondary N) is 1. The van der Waals surface area contributed by atoms with Crippen LogP contribution in [0.4, 0.5) is 5.82 Å². The van der Waals surface area contributed by atoms with Gasteiger partial charge in [-0.1, -0.05) is 30.3 Å². The van der Waals surface area contributed by atoms with Crippen molar-refractivity contribution in [3.63, 3.8) is 0 Å². The lowest BCUT2D eigenvalue weighted by Crippen LogP contribution is -2.21. The molecule has 0 aliphatic carbocycles. The molecule has 96 valence electrons. The van der Waals surface area contributed by atoms with Gasteiger partial charge in [0.2, 0.25) is 0 Å². The summed E-state index contributed by atoms with van der Waals surface area (Å²) in [7, 11) is 0. The Morgan fingerprint density at radius 2 is 2.00 bits per heavy atom. The predicted molar refractivity (Wildman–Crippen MR) is 74.8 cm³/mol. The van der Waals surface area contributed by atoms with Crippen molar-refractivity contribution in [1.82, 2.24) is 14.6 Å². The zero-order valence-corrected chi connectivity index (χ0v) is 10.4. The number of nitrogens with two attached hydrogens (primary N) is 1. The van der Waals surface area contributed by atoms with Gasteiger partial charge in [-0.25, -0.2) is 9.50 Å². The van der Waals surface area contributed by atoms with Gasteiger partial charge in [-0.2, -0.15) is 5.10 Å². The van der Waals surface area contributed by atoms with Gasteiger partial charge in [0, 0.05) is 25.0 Å². The normalized spacial score (nSPS) is 12.5. The second-order valence-electron chi connectivity index (χ2n) is 4.33. The van der Waals surface area contributed by atoms with Crippen LogP contribution in [0.15, 0.2) is 55.0 Å². The Morgan fingerprint density at radius 1 is 1.16 bits per heavy atom. The molecule has 0 spiro atoms. The van der Waals surface area contributed by atoms with Crippen LogP contribution in [-0.2, 0) is 0 Å². The molecule has 0 saturated carbocycles. The van der Waals surface area contributed by atoms with Crippen molar-refractivity contribution in [3.8, 4) is 0 Å². The van der Waals surface area contributed by atoms with Crippen LogP contribution in [0.3, 0.4) is 0 Å². The summed E-state index contributed by atoms with van der Waals surface area (Å²) in [5.41, 5.74) is 8.20. The van der Waals surface area contributed by atoms with Gasteiger partial charge >= 0.3 is 0 Å². The van der Waals surface area contributed by atoms with Crippen molar-refractivity contribution in [1.29, 1.82) is 0 Å². The summed E-state index contributed by atoms with van der Waals surface area (Å²) in [6.45, 7) is 0.627. The van der Waals surface area contributed by atoms with Crippen LogP contribution < -0.4 is 11.1 Å². The van der Waals surface area contributed by atoms with Crippen LogP contribution in [-0.4, -0.2) is 21.1 Å². The van der Waals surface area contributed by atoms with E-state index >= 15 is 0 Å². The first-order valence-corrected chi connectivity index (χ1v) is 6.17. The van der Waals surface area contributed by atoms with E-state index in [4.69, 9.17) is 5.73 Å². The maximum Gasteiger partial charge on any atom is 0.152 e. The average molecular weight is 253 g/mol. The maximum absolute atomic E-state index is 6.15. The van der Waals surface area contributed by atoms with Crippen LogP contribution in [0.1, 0.15) is 11.6 Å². The summed E-state index contributed by atoms with van der Waals surface area (Å²) in [5, 5.41) is 7.45. The van der Waals surface area contributed by atoms with Gasteiger partial charge in [0.25, 0.3) is 0 Å². The lowest BCUT2D eigenvalue weighted by molar-refractivity contribution is 0.761. The van der Waals surface area contributed by atoms with Crippen molar-refractivity contribution >= 4 is 11.3 Å². The lowest BCUT2D eigenvalue weighted by Gasteiger charge is -2.13. The summed E-state index contributed by atoms with van der Waals surface area (Å²) >= 11 is 0. The summed E-state index contributed by atoms with van der Waals surface area (Å²) in [6.07, 6.45) is 5.29. The van der Waals surface area contributed by atoms with Crippen LogP contribution in [0, 0.1) is 0 Å². The Hall–Kier alpha value is -2.40. The third kappa shape index (κ3) is 2.41. The number of hydrogen-bond acceptors (Lipinski definition) is 4. The van der Waals surface area contributed by atoms with E-state index in [1.807, 2.05) is 42.6 Å². The number of rotatable bonds is 4. The molecule has 19 heavy (non-hydrogen) atoms. The molecule has 0 amide bonds. The number of fused-ring (bicyclic) bond motifs is 1. The number of nitrogens with zero attached hydrogens (tertiary/aromatic N) is 3. The fraction of sp³-hybridized carbons (Fsp3) is 0.143. The molecule has 2 heterocycles. The molecule has 1 unspecified atom stereocenters. The number of hydrogen-bond donors (Lipinski definition) is 2. The summed E-state index contributed by atoms with van der Waals surface area (Å²) in [4.78, 5) is 4.32. The van der Waals surface area contributed by atoms with Gasteiger partial charge in [0.1, 0.15) is 5.52 Å². The SMILES string of the molecule is NC(CNc1nccn2nccc12)c1ccccc1. The molecule has 0 fully saturated rings. The van der Waals surface area contributed by atoms with Crippen molar-refractivity contribution in [2.75, 3.05) is 11.9 Å². The molecule has 3 rings (SSSR count). The monoisotopic (exact) mass is 253 g/mol. The predicted octanol–water partition coefficient (Wildman–Crippen LogP) is 1.84. The first-order chi connectivity index (χ1) is 9.34. The standard InChI is InChI=1S/C14H15N5/c15-12(11-4-2-1-3-5-11)10-17-14-13-6-7-18-19(13)9-8-16-14/h1-9,12H,10,15H2,(H,16,17). The zero-order chi connectivity index (χ0) is 13.1. The van der Waals surface area contributed by atoms with Gasteiger partial charge in [-0.15, -0.1) is 0 Å². The maximum atomic E-state index is 6.15. The average Bonchev–Trinajstić information content (AvgIpc) is 2.94. The van der Waals surface area contributed by atoms with Gasteiger partial charge in [-0.3, -0.25) is 0 Å². The minimum Gasteiger partial charge on any atom is -0.366 e. The molecule has 2 aromatic heterocycles. The fourth-order valence-electron chi connectivity index (χ4n) is 2.02. The summed E-state index contributed by atoms with van der Waals surface area (Å²) < 4.78 is 1.78. The van der Waals surface area contributed by atoms with Gasteiger partial charge < -0.3 is 11.1 Å². The molecule has 0 aliphatic rings. The van der Waals surface area contributed by atoms with E-state index in [-0.39, 0.29) is 6.04 Å². The smallest absolute Gasteiger partial charge is 0.152 e. The molecule has 0 saturated heterocycles. The Bertz CT molecular complexity index is 662. The molecule has 5 nitrogen and oxygen atoms in total. The molecule has 3 aromatic rings. The Labute approximate surface area is 111 Å². The molecule has 0 bridgehead atoms. The van der Waals surface area contributed by atoms with Crippen molar-refractivity contribution in [2.45, 2.75) is 6.04 Å². The van der Waals surface area contributed by atoms with E-state index in [1.54, 1.807) is 16.9 Å². The fourth-order valence-corrected chi connectivity index (χ4v) is 2.02. The van der Waals surface area contributed by atoms with Crippen molar-refractivity contribution in [3.05, 3.63) is 60.6 Å². The number of anilines is 1.